The number of rotatable bonds is 4. The van der Waals surface area contributed by atoms with E-state index in [9.17, 15) is 5.11 Å². The maximum absolute atomic E-state index is 9.61. The van der Waals surface area contributed by atoms with Crippen LogP contribution in [0, 0.1) is 5.92 Å². The lowest BCUT2D eigenvalue weighted by molar-refractivity contribution is 0.0112. The van der Waals surface area contributed by atoms with Crippen LogP contribution in [0.4, 0.5) is 0 Å². The van der Waals surface area contributed by atoms with Crippen molar-refractivity contribution in [2.45, 2.75) is 52.6 Å². The normalized spacial score (nSPS) is 15.3. The van der Waals surface area contributed by atoms with Crippen molar-refractivity contribution in [1.29, 1.82) is 0 Å². The van der Waals surface area contributed by atoms with Gasteiger partial charge in [-0.1, -0.05) is 26.7 Å². The summed E-state index contributed by atoms with van der Waals surface area (Å²) in [5.41, 5.74) is -0.481. The van der Waals surface area contributed by atoms with Gasteiger partial charge in [0, 0.05) is 0 Å². The van der Waals surface area contributed by atoms with E-state index in [4.69, 9.17) is 0 Å². The molecule has 0 fully saturated rings. The van der Waals surface area contributed by atoms with E-state index >= 15 is 0 Å². The van der Waals surface area contributed by atoms with E-state index in [1.54, 1.807) is 0 Å². The van der Waals surface area contributed by atoms with E-state index in [0.717, 1.165) is 12.8 Å². The third kappa shape index (κ3) is 3.21. The molecule has 1 nitrogen and oxygen atoms in total. The predicted octanol–water partition coefficient (Wildman–Crippen LogP) is 2.58. The highest BCUT2D eigenvalue weighted by Crippen LogP contribution is 2.24. The van der Waals surface area contributed by atoms with E-state index in [0.29, 0.717) is 5.92 Å². The Morgan fingerprint density at radius 1 is 1.30 bits per heavy atom. The highest BCUT2D eigenvalue weighted by molar-refractivity contribution is 4.75. The zero-order valence-electron chi connectivity index (χ0n) is 7.65. The van der Waals surface area contributed by atoms with Crippen LogP contribution in [-0.2, 0) is 0 Å². The first kappa shape index (κ1) is 9.96. The molecule has 0 bridgehead atoms. The lowest BCUT2D eigenvalue weighted by Gasteiger charge is -2.27. The van der Waals surface area contributed by atoms with Crippen molar-refractivity contribution >= 4 is 0 Å². The largest absolute Gasteiger partial charge is 0.390 e. The fraction of sp³-hybridized carbons (Fsp3) is 1.00. The van der Waals surface area contributed by atoms with Gasteiger partial charge >= 0.3 is 0 Å². The molecule has 0 aromatic heterocycles. The lowest BCUT2D eigenvalue weighted by atomic mass is 9.85. The maximum atomic E-state index is 9.61. The van der Waals surface area contributed by atoms with Crippen LogP contribution in [0.25, 0.3) is 0 Å². The van der Waals surface area contributed by atoms with Crippen LogP contribution in [0.1, 0.15) is 47.0 Å². The standard InChI is InChI=1S/C9H20O/c1-5-7-8(6-2)9(3,4)10/h8,10H,5-7H2,1-4H3. The molecule has 0 rings (SSSR count). The second-order valence-corrected chi connectivity index (χ2v) is 3.55. The molecule has 0 spiro atoms. The summed E-state index contributed by atoms with van der Waals surface area (Å²) in [5, 5.41) is 9.61. The summed E-state index contributed by atoms with van der Waals surface area (Å²) in [5.74, 6) is 0.470. The van der Waals surface area contributed by atoms with Crippen LogP contribution in [-0.4, -0.2) is 10.7 Å². The third-order valence-corrected chi connectivity index (χ3v) is 2.13. The first-order chi connectivity index (χ1) is 4.52. The Labute approximate surface area is 64.5 Å². The number of aliphatic hydroxyl groups is 1. The van der Waals surface area contributed by atoms with Crippen molar-refractivity contribution in [1.82, 2.24) is 0 Å². The highest BCUT2D eigenvalue weighted by Gasteiger charge is 2.23. The molecule has 0 heterocycles. The number of hydrogen-bond acceptors (Lipinski definition) is 1. The topological polar surface area (TPSA) is 20.2 Å². The van der Waals surface area contributed by atoms with E-state index in [1.807, 2.05) is 13.8 Å². The Morgan fingerprint density at radius 2 is 1.80 bits per heavy atom. The van der Waals surface area contributed by atoms with Gasteiger partial charge in [0.05, 0.1) is 5.60 Å². The lowest BCUT2D eigenvalue weighted by Crippen LogP contribution is -2.30. The Hall–Kier alpha value is -0.0400. The fourth-order valence-electron chi connectivity index (χ4n) is 1.41. The molecule has 1 heteroatoms. The summed E-state index contributed by atoms with van der Waals surface area (Å²) >= 11 is 0. The van der Waals surface area contributed by atoms with Crippen molar-refractivity contribution in [3.8, 4) is 0 Å². The summed E-state index contributed by atoms with van der Waals surface area (Å²) in [6, 6.07) is 0. The maximum Gasteiger partial charge on any atom is 0.0619 e. The molecule has 0 amide bonds. The molecule has 1 N–H and O–H groups in total. The summed E-state index contributed by atoms with van der Waals surface area (Å²) in [6.07, 6.45) is 3.39. The first-order valence-corrected chi connectivity index (χ1v) is 4.24. The van der Waals surface area contributed by atoms with Gasteiger partial charge in [0.25, 0.3) is 0 Å². The second-order valence-electron chi connectivity index (χ2n) is 3.55. The molecule has 0 aliphatic carbocycles. The zero-order chi connectivity index (χ0) is 8.20. The Balaban J connectivity index is 3.81. The Morgan fingerprint density at radius 3 is 1.90 bits per heavy atom. The van der Waals surface area contributed by atoms with Gasteiger partial charge in [-0.3, -0.25) is 0 Å². The summed E-state index contributed by atoms with van der Waals surface area (Å²) in [7, 11) is 0. The summed E-state index contributed by atoms with van der Waals surface area (Å²) < 4.78 is 0. The minimum Gasteiger partial charge on any atom is -0.390 e. The molecular weight excluding hydrogens is 124 g/mol. The van der Waals surface area contributed by atoms with Crippen molar-refractivity contribution in [3.05, 3.63) is 0 Å². The van der Waals surface area contributed by atoms with Crippen LogP contribution in [0.5, 0.6) is 0 Å². The summed E-state index contributed by atoms with van der Waals surface area (Å²) in [4.78, 5) is 0. The van der Waals surface area contributed by atoms with Crippen LogP contribution in [0.3, 0.4) is 0 Å². The van der Waals surface area contributed by atoms with Gasteiger partial charge in [-0.2, -0.15) is 0 Å². The predicted molar refractivity (Wildman–Crippen MR) is 45.0 cm³/mol. The molecule has 1 atom stereocenters. The molecule has 1 unspecified atom stereocenters. The monoisotopic (exact) mass is 144 g/mol. The van der Waals surface area contributed by atoms with Crippen molar-refractivity contribution in [2.24, 2.45) is 5.92 Å². The van der Waals surface area contributed by atoms with Crippen molar-refractivity contribution < 1.29 is 5.11 Å². The smallest absolute Gasteiger partial charge is 0.0619 e. The summed E-state index contributed by atoms with van der Waals surface area (Å²) in [6.45, 7) is 8.10. The SMILES string of the molecule is CCCC(CC)C(C)(C)O. The Bertz CT molecular complexity index is 81.2. The van der Waals surface area contributed by atoms with Gasteiger partial charge in [-0.05, 0) is 26.2 Å². The molecule has 0 aliphatic heterocycles. The van der Waals surface area contributed by atoms with Crippen LogP contribution in [0.2, 0.25) is 0 Å². The van der Waals surface area contributed by atoms with Gasteiger partial charge in [-0.15, -0.1) is 0 Å². The van der Waals surface area contributed by atoms with E-state index < -0.39 is 5.60 Å². The third-order valence-electron chi connectivity index (χ3n) is 2.13. The molecular formula is C9H20O. The van der Waals surface area contributed by atoms with Gasteiger partial charge in [0.1, 0.15) is 0 Å². The van der Waals surface area contributed by atoms with E-state index in [2.05, 4.69) is 13.8 Å². The highest BCUT2D eigenvalue weighted by atomic mass is 16.3. The van der Waals surface area contributed by atoms with Crippen LogP contribution in [0.15, 0.2) is 0 Å². The molecule has 0 aromatic rings. The average Bonchev–Trinajstić information content (AvgIpc) is 1.80. The minimum absolute atomic E-state index is 0.470. The Kier molecular flexibility index (Phi) is 3.95. The van der Waals surface area contributed by atoms with Gasteiger partial charge in [0.15, 0.2) is 0 Å². The fourth-order valence-corrected chi connectivity index (χ4v) is 1.41. The second kappa shape index (κ2) is 3.97. The van der Waals surface area contributed by atoms with Gasteiger partial charge in [0.2, 0.25) is 0 Å². The quantitative estimate of drug-likeness (QED) is 0.643. The molecule has 10 heavy (non-hydrogen) atoms. The average molecular weight is 144 g/mol. The van der Waals surface area contributed by atoms with Crippen LogP contribution >= 0.6 is 0 Å². The molecule has 62 valence electrons. The minimum atomic E-state index is -0.481. The van der Waals surface area contributed by atoms with Gasteiger partial charge in [-0.25, -0.2) is 0 Å². The van der Waals surface area contributed by atoms with Gasteiger partial charge < -0.3 is 5.11 Å². The zero-order valence-corrected chi connectivity index (χ0v) is 7.65. The molecule has 0 radical (unpaired) electrons. The molecule has 0 aliphatic rings. The van der Waals surface area contributed by atoms with Crippen LogP contribution < -0.4 is 0 Å². The molecule has 0 saturated carbocycles. The molecule has 0 aromatic carbocycles. The van der Waals surface area contributed by atoms with E-state index in [1.165, 1.54) is 6.42 Å². The molecule has 0 saturated heterocycles. The van der Waals surface area contributed by atoms with Crippen molar-refractivity contribution in [3.63, 3.8) is 0 Å². The van der Waals surface area contributed by atoms with E-state index in [-0.39, 0.29) is 0 Å². The van der Waals surface area contributed by atoms with Crippen molar-refractivity contribution in [2.75, 3.05) is 0 Å². The number of hydrogen-bond donors (Lipinski definition) is 1. The first-order valence-electron chi connectivity index (χ1n) is 4.24.